The molecule has 3 heterocycles. The fourth-order valence-electron chi connectivity index (χ4n) is 3.16. The SMILES string of the molecule is Cc1cc(-c2cnn(Cc3c4c(C)nn3COC(=O)CCC(=O)O4)c2)ccc1F. The van der Waals surface area contributed by atoms with Gasteiger partial charge in [-0.3, -0.25) is 14.3 Å². The number of fused-ring (bicyclic) bond motifs is 2. The molecule has 29 heavy (non-hydrogen) atoms. The second-order valence-corrected chi connectivity index (χ2v) is 6.87. The Morgan fingerprint density at radius 3 is 2.72 bits per heavy atom. The summed E-state index contributed by atoms with van der Waals surface area (Å²) in [6.07, 6.45) is 3.39. The number of rotatable bonds is 3. The molecule has 150 valence electrons. The number of aryl methyl sites for hydroxylation is 2. The van der Waals surface area contributed by atoms with Crippen LogP contribution in [-0.4, -0.2) is 31.5 Å². The van der Waals surface area contributed by atoms with Crippen molar-refractivity contribution in [2.75, 3.05) is 0 Å². The number of halogens is 1. The molecule has 0 saturated heterocycles. The first-order valence-corrected chi connectivity index (χ1v) is 9.12. The van der Waals surface area contributed by atoms with Crippen LogP contribution in [0.5, 0.6) is 5.75 Å². The average Bonchev–Trinajstić information content (AvgIpc) is 3.26. The van der Waals surface area contributed by atoms with E-state index in [1.165, 1.54) is 10.7 Å². The predicted molar refractivity (Wildman–Crippen MR) is 99.4 cm³/mol. The van der Waals surface area contributed by atoms with E-state index in [1.54, 1.807) is 36.9 Å². The molecular weight excluding hydrogens is 379 g/mol. The van der Waals surface area contributed by atoms with Crippen LogP contribution in [0.25, 0.3) is 11.1 Å². The molecule has 0 fully saturated rings. The van der Waals surface area contributed by atoms with Crippen LogP contribution in [0.4, 0.5) is 4.39 Å². The largest absolute Gasteiger partial charge is 0.442 e. The lowest BCUT2D eigenvalue weighted by molar-refractivity contribution is -0.150. The Labute approximate surface area is 165 Å². The zero-order chi connectivity index (χ0) is 20.5. The number of ether oxygens (including phenoxy) is 2. The zero-order valence-electron chi connectivity index (χ0n) is 16.0. The summed E-state index contributed by atoms with van der Waals surface area (Å²) < 4.78 is 27.3. The normalized spacial score (nSPS) is 14.4. The summed E-state index contributed by atoms with van der Waals surface area (Å²) in [7, 11) is 0. The third-order valence-electron chi connectivity index (χ3n) is 4.71. The molecule has 2 bridgehead atoms. The van der Waals surface area contributed by atoms with Gasteiger partial charge in [0, 0.05) is 11.8 Å². The number of cyclic esters (lactones) is 1. The minimum absolute atomic E-state index is 0.0338. The Morgan fingerprint density at radius 2 is 1.93 bits per heavy atom. The first-order valence-electron chi connectivity index (χ1n) is 9.12. The molecule has 0 atom stereocenters. The van der Waals surface area contributed by atoms with Gasteiger partial charge in [-0.25, -0.2) is 9.07 Å². The molecule has 0 N–H and O–H groups in total. The van der Waals surface area contributed by atoms with E-state index < -0.39 is 11.9 Å². The Balaban J connectivity index is 1.65. The van der Waals surface area contributed by atoms with E-state index in [0.29, 0.717) is 22.7 Å². The molecule has 0 unspecified atom stereocenters. The summed E-state index contributed by atoms with van der Waals surface area (Å²) in [5.41, 5.74) is 3.30. The molecule has 3 aromatic rings. The Hall–Kier alpha value is -3.49. The maximum atomic E-state index is 13.5. The fourth-order valence-corrected chi connectivity index (χ4v) is 3.16. The maximum Gasteiger partial charge on any atom is 0.311 e. The third-order valence-corrected chi connectivity index (χ3v) is 4.71. The predicted octanol–water partition coefficient (Wildman–Crippen LogP) is 2.75. The summed E-state index contributed by atoms with van der Waals surface area (Å²) in [4.78, 5) is 23.7. The quantitative estimate of drug-likeness (QED) is 0.631. The van der Waals surface area contributed by atoms with Crippen molar-refractivity contribution in [3.8, 4) is 16.9 Å². The molecule has 0 saturated carbocycles. The molecule has 9 heteroatoms. The summed E-state index contributed by atoms with van der Waals surface area (Å²) in [5, 5.41) is 8.68. The molecule has 0 radical (unpaired) electrons. The molecule has 1 aliphatic rings. The van der Waals surface area contributed by atoms with Crippen LogP contribution >= 0.6 is 0 Å². The average molecular weight is 398 g/mol. The van der Waals surface area contributed by atoms with Gasteiger partial charge in [-0.1, -0.05) is 6.07 Å². The van der Waals surface area contributed by atoms with Crippen LogP contribution in [-0.2, 0) is 27.6 Å². The molecule has 0 amide bonds. The van der Waals surface area contributed by atoms with E-state index >= 15 is 0 Å². The molecule has 2 aromatic heterocycles. The van der Waals surface area contributed by atoms with Gasteiger partial charge in [-0.05, 0) is 37.1 Å². The van der Waals surface area contributed by atoms with Gasteiger partial charge in [0.15, 0.2) is 12.5 Å². The van der Waals surface area contributed by atoms with Crippen LogP contribution in [0.3, 0.4) is 0 Å². The van der Waals surface area contributed by atoms with Gasteiger partial charge >= 0.3 is 11.9 Å². The number of carbonyl (C=O) groups excluding carboxylic acids is 2. The zero-order valence-corrected chi connectivity index (χ0v) is 16.0. The van der Waals surface area contributed by atoms with Crippen LogP contribution in [0.1, 0.15) is 29.8 Å². The van der Waals surface area contributed by atoms with Crippen molar-refractivity contribution in [1.82, 2.24) is 19.6 Å². The number of hydrogen-bond acceptors (Lipinski definition) is 6. The molecular formula is C20H19FN4O4. The van der Waals surface area contributed by atoms with E-state index in [-0.39, 0.29) is 31.9 Å². The number of carbonyl (C=O) groups is 2. The number of hydrogen-bond donors (Lipinski definition) is 0. The summed E-state index contributed by atoms with van der Waals surface area (Å²) in [6, 6.07) is 4.87. The Bertz CT molecular complexity index is 1100. The van der Waals surface area contributed by atoms with E-state index in [4.69, 9.17) is 9.47 Å². The van der Waals surface area contributed by atoms with Crippen LogP contribution < -0.4 is 4.74 Å². The van der Waals surface area contributed by atoms with Crippen molar-refractivity contribution in [3.05, 3.63) is 53.4 Å². The van der Waals surface area contributed by atoms with E-state index in [1.807, 2.05) is 6.20 Å². The first-order chi connectivity index (χ1) is 13.9. The topological polar surface area (TPSA) is 88.2 Å². The van der Waals surface area contributed by atoms with Gasteiger partial charge in [0.1, 0.15) is 17.2 Å². The first kappa shape index (κ1) is 18.9. The minimum Gasteiger partial charge on any atom is -0.442 e. The monoisotopic (exact) mass is 398 g/mol. The van der Waals surface area contributed by atoms with Crippen molar-refractivity contribution < 1.29 is 23.5 Å². The maximum absolute atomic E-state index is 13.5. The summed E-state index contributed by atoms with van der Waals surface area (Å²) >= 11 is 0. The van der Waals surface area contributed by atoms with Crippen molar-refractivity contribution >= 4 is 11.9 Å². The molecule has 8 nitrogen and oxygen atoms in total. The number of nitrogens with zero attached hydrogens (tertiary/aromatic N) is 4. The summed E-state index contributed by atoms with van der Waals surface area (Å²) in [6.45, 7) is 3.60. The highest BCUT2D eigenvalue weighted by molar-refractivity contribution is 5.79. The van der Waals surface area contributed by atoms with Crippen LogP contribution in [0.15, 0.2) is 30.6 Å². The molecule has 4 rings (SSSR count). The van der Waals surface area contributed by atoms with E-state index in [0.717, 1.165) is 11.1 Å². The van der Waals surface area contributed by atoms with Crippen LogP contribution in [0.2, 0.25) is 0 Å². The number of esters is 2. The lowest BCUT2D eigenvalue weighted by Crippen LogP contribution is -2.19. The number of aromatic nitrogens is 4. The minimum atomic E-state index is -0.518. The highest BCUT2D eigenvalue weighted by Gasteiger charge is 2.23. The van der Waals surface area contributed by atoms with Gasteiger partial charge < -0.3 is 9.47 Å². The lowest BCUT2D eigenvalue weighted by Gasteiger charge is -2.12. The molecule has 1 aromatic carbocycles. The van der Waals surface area contributed by atoms with Crippen molar-refractivity contribution in [1.29, 1.82) is 0 Å². The van der Waals surface area contributed by atoms with E-state index in [9.17, 15) is 14.0 Å². The second-order valence-electron chi connectivity index (χ2n) is 6.87. The summed E-state index contributed by atoms with van der Waals surface area (Å²) in [5.74, 6) is -0.918. The highest BCUT2D eigenvalue weighted by atomic mass is 19.1. The van der Waals surface area contributed by atoms with Crippen molar-refractivity contribution in [2.45, 2.75) is 40.0 Å². The van der Waals surface area contributed by atoms with Gasteiger partial charge in [0.25, 0.3) is 0 Å². The lowest BCUT2D eigenvalue weighted by atomic mass is 10.1. The van der Waals surface area contributed by atoms with Crippen molar-refractivity contribution in [2.24, 2.45) is 0 Å². The van der Waals surface area contributed by atoms with Gasteiger partial charge in [-0.2, -0.15) is 10.2 Å². The third kappa shape index (κ3) is 3.89. The number of benzene rings is 1. The molecule has 0 aliphatic carbocycles. The fraction of sp³-hybridized carbons (Fsp3) is 0.300. The molecule has 0 spiro atoms. The van der Waals surface area contributed by atoms with Crippen molar-refractivity contribution in [3.63, 3.8) is 0 Å². The van der Waals surface area contributed by atoms with Crippen LogP contribution in [0, 0.1) is 19.7 Å². The van der Waals surface area contributed by atoms with Gasteiger partial charge in [0.05, 0.1) is 25.6 Å². The standard InChI is InChI=1S/C20H19FN4O4/c1-12-7-14(3-4-16(12)21)15-8-22-24(9-15)10-17-20-13(2)23-25(17)11-28-18(26)5-6-19(27)29-20/h3-4,7-9H,5-6,10-11H2,1-2H3. The highest BCUT2D eigenvalue weighted by Crippen LogP contribution is 2.27. The smallest absolute Gasteiger partial charge is 0.311 e. The van der Waals surface area contributed by atoms with E-state index in [2.05, 4.69) is 10.2 Å². The second kappa shape index (κ2) is 7.50. The van der Waals surface area contributed by atoms with Gasteiger partial charge in [-0.15, -0.1) is 0 Å². The molecule has 1 aliphatic heterocycles. The Kier molecular flexibility index (Phi) is 4.87. The Morgan fingerprint density at radius 1 is 1.14 bits per heavy atom. The van der Waals surface area contributed by atoms with Gasteiger partial charge in [0.2, 0.25) is 0 Å².